The van der Waals surface area contributed by atoms with Gasteiger partial charge >= 0.3 is 0 Å². The zero-order chi connectivity index (χ0) is 12.8. The van der Waals surface area contributed by atoms with E-state index in [0.717, 1.165) is 36.2 Å². The van der Waals surface area contributed by atoms with E-state index in [2.05, 4.69) is 11.9 Å². The molecule has 0 spiro atoms. The number of aromatic nitrogens is 1. The van der Waals surface area contributed by atoms with Gasteiger partial charge in [-0.15, -0.1) is 0 Å². The predicted molar refractivity (Wildman–Crippen MR) is 70.8 cm³/mol. The Hall–Kier alpha value is -2.16. The highest BCUT2D eigenvalue weighted by molar-refractivity contribution is 5.77. The molecule has 2 aromatic rings. The highest BCUT2D eigenvalue weighted by Crippen LogP contribution is 2.22. The number of carbonyl (C=O) groups is 1. The van der Waals surface area contributed by atoms with Crippen LogP contribution in [0.5, 0.6) is 5.75 Å². The van der Waals surface area contributed by atoms with Crippen LogP contribution in [-0.2, 0) is 0 Å². The second-order valence-electron chi connectivity index (χ2n) is 4.00. The van der Waals surface area contributed by atoms with E-state index in [0.29, 0.717) is 5.56 Å². The molecule has 1 heterocycles. The standard InChI is InChI=1S/C15H15NO2/c1-2-7-18-15-5-3-13(4-6-15)14-8-12(11-17)9-16-10-14/h3-6,8-11H,2,7H2,1H3. The average Bonchev–Trinajstić information content (AvgIpc) is 2.46. The average molecular weight is 241 g/mol. The van der Waals surface area contributed by atoms with Gasteiger partial charge < -0.3 is 4.74 Å². The minimum Gasteiger partial charge on any atom is -0.494 e. The molecule has 0 bridgehead atoms. The second-order valence-corrected chi connectivity index (χ2v) is 4.00. The highest BCUT2D eigenvalue weighted by atomic mass is 16.5. The number of hydrogen-bond acceptors (Lipinski definition) is 3. The van der Waals surface area contributed by atoms with Crippen molar-refractivity contribution in [3.05, 3.63) is 48.3 Å². The summed E-state index contributed by atoms with van der Waals surface area (Å²) in [5.41, 5.74) is 2.54. The number of rotatable bonds is 5. The van der Waals surface area contributed by atoms with Crippen molar-refractivity contribution in [3.8, 4) is 16.9 Å². The van der Waals surface area contributed by atoms with Crippen LogP contribution in [0.1, 0.15) is 23.7 Å². The molecule has 0 aliphatic carbocycles. The lowest BCUT2D eigenvalue weighted by molar-refractivity contribution is 0.112. The first-order chi connectivity index (χ1) is 8.83. The number of hydrogen-bond donors (Lipinski definition) is 0. The first-order valence-corrected chi connectivity index (χ1v) is 5.97. The quantitative estimate of drug-likeness (QED) is 0.753. The second kappa shape index (κ2) is 5.96. The summed E-state index contributed by atoms with van der Waals surface area (Å²) >= 11 is 0. The number of aldehydes is 1. The van der Waals surface area contributed by atoms with Gasteiger partial charge in [0.25, 0.3) is 0 Å². The summed E-state index contributed by atoms with van der Waals surface area (Å²) in [5.74, 6) is 0.861. The molecule has 3 nitrogen and oxygen atoms in total. The Labute approximate surface area is 106 Å². The van der Waals surface area contributed by atoms with E-state index in [1.165, 1.54) is 0 Å². The van der Waals surface area contributed by atoms with E-state index in [4.69, 9.17) is 4.74 Å². The van der Waals surface area contributed by atoms with Crippen LogP contribution in [0, 0.1) is 0 Å². The lowest BCUT2D eigenvalue weighted by atomic mass is 10.1. The molecule has 0 atom stereocenters. The largest absolute Gasteiger partial charge is 0.494 e. The first kappa shape index (κ1) is 12.3. The summed E-state index contributed by atoms with van der Waals surface area (Å²) in [5, 5.41) is 0. The third kappa shape index (κ3) is 2.94. The van der Waals surface area contributed by atoms with E-state index in [9.17, 15) is 4.79 Å². The minimum atomic E-state index is 0.582. The Bertz CT molecular complexity index is 520. The first-order valence-electron chi connectivity index (χ1n) is 5.97. The molecular formula is C15H15NO2. The van der Waals surface area contributed by atoms with Crippen molar-refractivity contribution in [2.24, 2.45) is 0 Å². The van der Waals surface area contributed by atoms with E-state index < -0.39 is 0 Å². The van der Waals surface area contributed by atoms with Crippen LogP contribution in [0.2, 0.25) is 0 Å². The maximum atomic E-state index is 10.7. The maximum Gasteiger partial charge on any atom is 0.151 e. The van der Waals surface area contributed by atoms with Crippen LogP contribution >= 0.6 is 0 Å². The Morgan fingerprint density at radius 1 is 1.17 bits per heavy atom. The Morgan fingerprint density at radius 2 is 1.94 bits per heavy atom. The van der Waals surface area contributed by atoms with Crippen LogP contribution in [0.25, 0.3) is 11.1 Å². The molecule has 0 fully saturated rings. The van der Waals surface area contributed by atoms with Crippen molar-refractivity contribution in [3.63, 3.8) is 0 Å². The SMILES string of the molecule is CCCOc1ccc(-c2cncc(C=O)c2)cc1. The predicted octanol–water partition coefficient (Wildman–Crippen LogP) is 3.35. The number of ether oxygens (including phenoxy) is 1. The smallest absolute Gasteiger partial charge is 0.151 e. The highest BCUT2D eigenvalue weighted by Gasteiger charge is 2.00. The maximum absolute atomic E-state index is 10.7. The third-order valence-corrected chi connectivity index (χ3v) is 2.56. The molecule has 3 heteroatoms. The molecule has 1 aromatic carbocycles. The van der Waals surface area contributed by atoms with Gasteiger partial charge in [0.1, 0.15) is 5.75 Å². The molecule has 18 heavy (non-hydrogen) atoms. The van der Waals surface area contributed by atoms with Gasteiger partial charge in [-0.1, -0.05) is 19.1 Å². The summed E-state index contributed by atoms with van der Waals surface area (Å²) in [6, 6.07) is 9.62. The Kier molecular flexibility index (Phi) is 4.07. The zero-order valence-corrected chi connectivity index (χ0v) is 10.3. The number of benzene rings is 1. The van der Waals surface area contributed by atoms with Crippen molar-refractivity contribution in [1.29, 1.82) is 0 Å². The molecule has 0 amide bonds. The van der Waals surface area contributed by atoms with Gasteiger partial charge in [0, 0.05) is 23.5 Å². The fraction of sp³-hybridized carbons (Fsp3) is 0.200. The van der Waals surface area contributed by atoms with Crippen LogP contribution in [0.3, 0.4) is 0 Å². The van der Waals surface area contributed by atoms with Gasteiger partial charge in [-0.25, -0.2) is 0 Å². The fourth-order valence-electron chi connectivity index (χ4n) is 1.64. The van der Waals surface area contributed by atoms with Gasteiger partial charge in [0.2, 0.25) is 0 Å². The molecule has 0 N–H and O–H groups in total. The van der Waals surface area contributed by atoms with Gasteiger partial charge in [0.05, 0.1) is 6.61 Å². The minimum absolute atomic E-state index is 0.582. The topological polar surface area (TPSA) is 39.2 Å². The molecule has 0 radical (unpaired) electrons. The molecule has 2 rings (SSSR count). The molecular weight excluding hydrogens is 226 g/mol. The van der Waals surface area contributed by atoms with Crippen LogP contribution in [0.4, 0.5) is 0 Å². The van der Waals surface area contributed by atoms with E-state index in [1.54, 1.807) is 12.4 Å². The fourth-order valence-corrected chi connectivity index (χ4v) is 1.64. The third-order valence-electron chi connectivity index (χ3n) is 2.56. The van der Waals surface area contributed by atoms with Gasteiger partial charge in [-0.05, 0) is 30.2 Å². The van der Waals surface area contributed by atoms with E-state index in [1.807, 2.05) is 30.3 Å². The monoisotopic (exact) mass is 241 g/mol. The molecule has 0 aliphatic rings. The molecule has 92 valence electrons. The Balaban J connectivity index is 2.20. The molecule has 1 aromatic heterocycles. The zero-order valence-electron chi connectivity index (χ0n) is 10.3. The van der Waals surface area contributed by atoms with Crippen LogP contribution in [0.15, 0.2) is 42.7 Å². The van der Waals surface area contributed by atoms with Gasteiger partial charge in [-0.3, -0.25) is 9.78 Å². The summed E-state index contributed by atoms with van der Waals surface area (Å²) < 4.78 is 5.52. The number of nitrogens with zero attached hydrogens (tertiary/aromatic N) is 1. The summed E-state index contributed by atoms with van der Waals surface area (Å²) in [4.78, 5) is 14.7. The van der Waals surface area contributed by atoms with E-state index >= 15 is 0 Å². The molecule has 0 saturated carbocycles. The van der Waals surface area contributed by atoms with Crippen molar-refractivity contribution in [1.82, 2.24) is 4.98 Å². The van der Waals surface area contributed by atoms with Crippen molar-refractivity contribution in [2.75, 3.05) is 6.61 Å². The summed E-state index contributed by atoms with van der Waals surface area (Å²) in [6.07, 6.45) is 5.09. The molecule has 0 saturated heterocycles. The van der Waals surface area contributed by atoms with Crippen molar-refractivity contribution >= 4 is 6.29 Å². The molecule has 0 aliphatic heterocycles. The lowest BCUT2D eigenvalue weighted by Crippen LogP contribution is -1.94. The molecule has 0 unspecified atom stereocenters. The number of pyridine rings is 1. The van der Waals surface area contributed by atoms with Gasteiger partial charge in [-0.2, -0.15) is 0 Å². The Morgan fingerprint density at radius 3 is 2.61 bits per heavy atom. The summed E-state index contributed by atoms with van der Waals surface area (Å²) in [7, 11) is 0. The summed E-state index contributed by atoms with van der Waals surface area (Å²) in [6.45, 7) is 2.80. The van der Waals surface area contributed by atoms with E-state index in [-0.39, 0.29) is 0 Å². The van der Waals surface area contributed by atoms with Crippen molar-refractivity contribution in [2.45, 2.75) is 13.3 Å². The van der Waals surface area contributed by atoms with Crippen LogP contribution in [-0.4, -0.2) is 17.9 Å². The normalized spacial score (nSPS) is 10.1. The van der Waals surface area contributed by atoms with Gasteiger partial charge in [0.15, 0.2) is 6.29 Å². The number of carbonyl (C=O) groups excluding carboxylic acids is 1. The van der Waals surface area contributed by atoms with Crippen LogP contribution < -0.4 is 4.74 Å². The van der Waals surface area contributed by atoms with Crippen molar-refractivity contribution < 1.29 is 9.53 Å². The lowest BCUT2D eigenvalue weighted by Gasteiger charge is -2.06.